The summed E-state index contributed by atoms with van der Waals surface area (Å²) >= 11 is 0. The van der Waals surface area contributed by atoms with E-state index in [1.54, 1.807) is 4.90 Å². The van der Waals surface area contributed by atoms with Gasteiger partial charge in [0.25, 0.3) is 0 Å². The Labute approximate surface area is 94.6 Å². The zero-order chi connectivity index (χ0) is 11.7. The Kier molecular flexibility index (Phi) is 3.14. The Morgan fingerprint density at radius 2 is 2.06 bits per heavy atom. The van der Waals surface area contributed by atoms with Gasteiger partial charge in [0.05, 0.1) is 5.92 Å². The Bertz CT molecular complexity index is 306. The summed E-state index contributed by atoms with van der Waals surface area (Å²) in [6.07, 6.45) is 4.19. The number of rotatable bonds is 2. The normalized spacial score (nSPS) is 35.4. The molecule has 3 atom stereocenters. The number of aliphatic carboxylic acids is 1. The second kappa shape index (κ2) is 4.41. The van der Waals surface area contributed by atoms with Crippen LogP contribution in [-0.2, 0) is 9.59 Å². The molecule has 5 nitrogen and oxygen atoms in total. The number of carbonyl (C=O) groups excluding carboxylic acids is 1. The van der Waals surface area contributed by atoms with Gasteiger partial charge in [-0.05, 0) is 12.8 Å². The van der Waals surface area contributed by atoms with Gasteiger partial charge < -0.3 is 15.7 Å². The molecular weight excluding hydrogens is 208 g/mol. The fraction of sp³-hybridized carbons (Fsp3) is 0.818. The van der Waals surface area contributed by atoms with Crippen molar-refractivity contribution in [3.05, 3.63) is 0 Å². The highest BCUT2D eigenvalue weighted by molar-refractivity contribution is 5.86. The summed E-state index contributed by atoms with van der Waals surface area (Å²) in [6.45, 7) is 0.340. The number of likely N-dealkylation sites (tertiary alicyclic amines) is 1. The van der Waals surface area contributed by atoms with Gasteiger partial charge in [-0.15, -0.1) is 0 Å². The smallest absolute Gasteiger partial charge is 0.308 e. The van der Waals surface area contributed by atoms with Crippen LogP contribution in [0.4, 0.5) is 0 Å². The third-order valence-corrected chi connectivity index (χ3v) is 3.69. The van der Waals surface area contributed by atoms with Gasteiger partial charge in [-0.1, -0.05) is 12.8 Å². The average Bonchev–Trinajstić information content (AvgIpc) is 2.61. The van der Waals surface area contributed by atoms with Crippen molar-refractivity contribution in [2.45, 2.75) is 44.2 Å². The molecule has 3 unspecified atom stereocenters. The molecule has 0 aromatic rings. The Morgan fingerprint density at radius 3 is 2.62 bits per heavy atom. The summed E-state index contributed by atoms with van der Waals surface area (Å²) in [4.78, 5) is 24.3. The number of carboxylic acid groups (broad SMARTS) is 1. The van der Waals surface area contributed by atoms with Crippen LogP contribution in [0.2, 0.25) is 0 Å². The predicted octanol–water partition coefficient (Wildman–Crippen LogP) is 0.189. The lowest BCUT2D eigenvalue weighted by atomic mass is 9.90. The SMILES string of the molecule is NC1CCCCC1N1CC(C(=O)O)CC1=O. The minimum absolute atomic E-state index is 0.0187. The maximum absolute atomic E-state index is 11.7. The monoisotopic (exact) mass is 226 g/mol. The summed E-state index contributed by atoms with van der Waals surface area (Å²) < 4.78 is 0. The molecule has 1 saturated heterocycles. The highest BCUT2D eigenvalue weighted by atomic mass is 16.4. The van der Waals surface area contributed by atoms with Crippen molar-refractivity contribution in [1.82, 2.24) is 4.90 Å². The number of hydrogen-bond acceptors (Lipinski definition) is 3. The molecule has 2 rings (SSSR count). The van der Waals surface area contributed by atoms with Crippen LogP contribution < -0.4 is 5.73 Å². The lowest BCUT2D eigenvalue weighted by Crippen LogP contribution is -2.50. The van der Waals surface area contributed by atoms with Crippen LogP contribution in [0.3, 0.4) is 0 Å². The molecule has 0 radical (unpaired) electrons. The first kappa shape index (κ1) is 11.4. The number of amides is 1. The van der Waals surface area contributed by atoms with E-state index in [4.69, 9.17) is 10.8 Å². The van der Waals surface area contributed by atoms with Gasteiger partial charge in [0.2, 0.25) is 5.91 Å². The van der Waals surface area contributed by atoms with Gasteiger partial charge in [-0.25, -0.2) is 0 Å². The molecule has 5 heteroatoms. The molecule has 0 bridgehead atoms. The lowest BCUT2D eigenvalue weighted by molar-refractivity contribution is -0.141. The van der Waals surface area contributed by atoms with E-state index in [2.05, 4.69) is 0 Å². The molecule has 1 saturated carbocycles. The number of carboxylic acids is 1. The van der Waals surface area contributed by atoms with Crippen LogP contribution in [0.25, 0.3) is 0 Å². The summed E-state index contributed by atoms with van der Waals surface area (Å²) in [5.74, 6) is -1.46. The van der Waals surface area contributed by atoms with E-state index >= 15 is 0 Å². The average molecular weight is 226 g/mol. The minimum Gasteiger partial charge on any atom is -0.481 e. The molecule has 1 aliphatic heterocycles. The Balaban J connectivity index is 2.04. The molecule has 2 fully saturated rings. The summed E-state index contributed by atoms with van der Waals surface area (Å²) in [7, 11) is 0. The van der Waals surface area contributed by atoms with Gasteiger partial charge >= 0.3 is 5.97 Å². The molecule has 90 valence electrons. The highest BCUT2D eigenvalue weighted by Crippen LogP contribution is 2.28. The summed E-state index contributed by atoms with van der Waals surface area (Å²) in [5.41, 5.74) is 6.00. The van der Waals surface area contributed by atoms with Gasteiger partial charge in [-0.2, -0.15) is 0 Å². The van der Waals surface area contributed by atoms with E-state index in [0.717, 1.165) is 25.7 Å². The fourth-order valence-electron chi connectivity index (χ4n) is 2.74. The number of nitrogens with zero attached hydrogens (tertiary/aromatic N) is 1. The summed E-state index contributed by atoms with van der Waals surface area (Å²) in [6, 6.07) is 0.0795. The van der Waals surface area contributed by atoms with E-state index in [0.29, 0.717) is 6.54 Å². The fourth-order valence-corrected chi connectivity index (χ4v) is 2.74. The highest BCUT2D eigenvalue weighted by Gasteiger charge is 2.40. The molecule has 0 spiro atoms. The van der Waals surface area contributed by atoms with Crippen LogP contribution in [-0.4, -0.2) is 40.5 Å². The van der Waals surface area contributed by atoms with Gasteiger partial charge in [0.15, 0.2) is 0 Å². The quantitative estimate of drug-likeness (QED) is 0.704. The van der Waals surface area contributed by atoms with E-state index < -0.39 is 11.9 Å². The number of nitrogens with two attached hydrogens (primary N) is 1. The van der Waals surface area contributed by atoms with Crippen molar-refractivity contribution in [1.29, 1.82) is 0 Å². The van der Waals surface area contributed by atoms with E-state index in [1.165, 1.54) is 0 Å². The van der Waals surface area contributed by atoms with E-state index in [-0.39, 0.29) is 24.4 Å². The maximum atomic E-state index is 11.7. The molecule has 1 aliphatic carbocycles. The van der Waals surface area contributed by atoms with Gasteiger partial charge in [0.1, 0.15) is 0 Å². The second-order valence-electron chi connectivity index (χ2n) is 4.80. The zero-order valence-corrected chi connectivity index (χ0v) is 9.26. The Hall–Kier alpha value is -1.10. The van der Waals surface area contributed by atoms with Crippen LogP contribution in [0, 0.1) is 5.92 Å². The molecule has 16 heavy (non-hydrogen) atoms. The first-order valence-corrected chi connectivity index (χ1v) is 5.87. The molecular formula is C11H18N2O3. The van der Waals surface area contributed by atoms with Gasteiger partial charge in [-0.3, -0.25) is 9.59 Å². The van der Waals surface area contributed by atoms with Crippen LogP contribution in [0.1, 0.15) is 32.1 Å². The lowest BCUT2D eigenvalue weighted by Gasteiger charge is -2.36. The first-order chi connectivity index (χ1) is 7.59. The minimum atomic E-state index is -0.875. The van der Waals surface area contributed by atoms with Crippen molar-refractivity contribution in [3.63, 3.8) is 0 Å². The van der Waals surface area contributed by atoms with Gasteiger partial charge in [0, 0.05) is 25.0 Å². The van der Waals surface area contributed by atoms with Crippen LogP contribution >= 0.6 is 0 Å². The van der Waals surface area contributed by atoms with Crippen LogP contribution in [0.5, 0.6) is 0 Å². The summed E-state index contributed by atoms with van der Waals surface area (Å²) in [5, 5.41) is 8.90. The molecule has 2 aliphatic rings. The van der Waals surface area contributed by atoms with Crippen molar-refractivity contribution < 1.29 is 14.7 Å². The van der Waals surface area contributed by atoms with Crippen molar-refractivity contribution in [3.8, 4) is 0 Å². The Morgan fingerprint density at radius 1 is 1.38 bits per heavy atom. The van der Waals surface area contributed by atoms with E-state index in [1.807, 2.05) is 0 Å². The molecule has 0 aromatic heterocycles. The number of carbonyl (C=O) groups is 2. The third-order valence-electron chi connectivity index (χ3n) is 3.69. The van der Waals surface area contributed by atoms with Crippen molar-refractivity contribution in [2.24, 2.45) is 11.7 Å². The topological polar surface area (TPSA) is 83.6 Å². The maximum Gasteiger partial charge on any atom is 0.308 e. The third kappa shape index (κ3) is 2.04. The second-order valence-corrected chi connectivity index (χ2v) is 4.80. The largest absolute Gasteiger partial charge is 0.481 e. The molecule has 3 N–H and O–H groups in total. The first-order valence-electron chi connectivity index (χ1n) is 5.87. The van der Waals surface area contributed by atoms with E-state index in [9.17, 15) is 9.59 Å². The van der Waals surface area contributed by atoms with Crippen molar-refractivity contribution >= 4 is 11.9 Å². The molecule has 0 aromatic carbocycles. The molecule has 1 heterocycles. The van der Waals surface area contributed by atoms with Crippen molar-refractivity contribution in [2.75, 3.05) is 6.54 Å². The molecule has 1 amide bonds. The van der Waals surface area contributed by atoms with Crippen LogP contribution in [0.15, 0.2) is 0 Å². The standard InChI is InChI=1S/C11H18N2O3/c12-8-3-1-2-4-9(8)13-6-7(11(15)16)5-10(13)14/h7-9H,1-6,12H2,(H,15,16). The number of hydrogen-bond donors (Lipinski definition) is 2. The predicted molar refractivity (Wildman–Crippen MR) is 57.7 cm³/mol. The zero-order valence-electron chi connectivity index (χ0n) is 9.26.